The molecule has 2 rings (SSSR count). The number of ether oxygens (including phenoxy) is 1. The van der Waals surface area contributed by atoms with E-state index in [1.54, 1.807) is 14.0 Å². The molecule has 0 spiro atoms. The van der Waals surface area contributed by atoms with Gasteiger partial charge in [0.1, 0.15) is 11.3 Å². The summed E-state index contributed by atoms with van der Waals surface area (Å²) in [5.74, 6) is 0.00440. The van der Waals surface area contributed by atoms with Gasteiger partial charge in [-0.25, -0.2) is 0 Å². The lowest BCUT2D eigenvalue weighted by molar-refractivity contribution is -0.144. The van der Waals surface area contributed by atoms with Crippen LogP contribution in [-0.2, 0) is 4.79 Å². The van der Waals surface area contributed by atoms with Gasteiger partial charge in [0.15, 0.2) is 0 Å². The van der Waals surface area contributed by atoms with E-state index in [0.29, 0.717) is 19.4 Å². The number of benzene rings is 2. The van der Waals surface area contributed by atoms with E-state index < -0.39 is 11.5 Å². The fourth-order valence-electron chi connectivity index (χ4n) is 2.27. The third-order valence-corrected chi connectivity index (χ3v) is 3.85. The lowest BCUT2D eigenvalue weighted by Gasteiger charge is -2.24. The normalized spacial score (nSPS) is 13.8. The van der Waals surface area contributed by atoms with E-state index in [0.717, 1.165) is 16.5 Å². The van der Waals surface area contributed by atoms with Crippen LogP contribution < -0.4 is 10.1 Å². The highest BCUT2D eigenvalue weighted by Crippen LogP contribution is 2.25. The third kappa shape index (κ3) is 3.52. The summed E-state index contributed by atoms with van der Waals surface area (Å²) >= 11 is 0. The molecule has 0 radical (unpaired) electrons. The minimum Gasteiger partial charge on any atom is -0.493 e. The molecule has 0 fully saturated rings. The fraction of sp³-hybridized carbons (Fsp3) is 0.353. The van der Waals surface area contributed by atoms with Gasteiger partial charge in [0, 0.05) is 5.39 Å². The summed E-state index contributed by atoms with van der Waals surface area (Å²) in [6.07, 6.45) is 1.19. The Kier molecular flexibility index (Phi) is 4.81. The Bertz CT molecular complexity index is 621. The van der Waals surface area contributed by atoms with Crippen LogP contribution in [0.5, 0.6) is 5.75 Å². The molecule has 21 heavy (non-hydrogen) atoms. The molecule has 2 N–H and O–H groups in total. The van der Waals surface area contributed by atoms with Gasteiger partial charge >= 0.3 is 5.97 Å². The molecule has 0 heterocycles. The average Bonchev–Trinajstić information content (AvgIpc) is 2.51. The van der Waals surface area contributed by atoms with Crippen molar-refractivity contribution in [2.75, 3.05) is 13.7 Å². The number of carboxylic acid groups (broad SMARTS) is 1. The van der Waals surface area contributed by atoms with Crippen molar-refractivity contribution in [3.63, 3.8) is 0 Å². The van der Waals surface area contributed by atoms with E-state index in [1.165, 1.54) is 0 Å². The van der Waals surface area contributed by atoms with Crippen LogP contribution in [-0.4, -0.2) is 30.3 Å². The highest BCUT2D eigenvalue weighted by molar-refractivity contribution is 5.88. The summed E-state index contributed by atoms with van der Waals surface area (Å²) in [4.78, 5) is 11.2. The zero-order chi connectivity index (χ0) is 15.3. The molecule has 0 aliphatic heterocycles. The molecule has 0 bridgehead atoms. The summed E-state index contributed by atoms with van der Waals surface area (Å²) in [6, 6.07) is 14.0. The van der Waals surface area contributed by atoms with Crippen molar-refractivity contribution in [2.24, 2.45) is 0 Å². The van der Waals surface area contributed by atoms with Crippen LogP contribution in [0.3, 0.4) is 0 Å². The molecule has 4 nitrogen and oxygen atoms in total. The summed E-state index contributed by atoms with van der Waals surface area (Å²) in [5.41, 5.74) is -0.901. The maximum Gasteiger partial charge on any atom is 0.323 e. The first-order valence-electron chi connectivity index (χ1n) is 7.10. The predicted octanol–water partition coefficient (Wildman–Crippen LogP) is 3.06. The van der Waals surface area contributed by atoms with Crippen LogP contribution >= 0.6 is 0 Å². The SMILES string of the molecule is CNC(C)(CCCOc1cccc2ccccc12)C(=O)O. The van der Waals surface area contributed by atoms with Crippen molar-refractivity contribution < 1.29 is 14.6 Å². The Morgan fingerprint density at radius 2 is 1.95 bits per heavy atom. The molecule has 0 saturated heterocycles. The monoisotopic (exact) mass is 287 g/mol. The molecular formula is C17H21NO3. The van der Waals surface area contributed by atoms with Crippen LogP contribution in [0.4, 0.5) is 0 Å². The quantitative estimate of drug-likeness (QED) is 0.768. The van der Waals surface area contributed by atoms with Crippen molar-refractivity contribution >= 4 is 16.7 Å². The topological polar surface area (TPSA) is 58.6 Å². The molecule has 0 amide bonds. The van der Waals surface area contributed by atoms with Crippen molar-refractivity contribution in [3.05, 3.63) is 42.5 Å². The Labute approximate surface area is 124 Å². The van der Waals surface area contributed by atoms with Gasteiger partial charge in [0.25, 0.3) is 0 Å². The molecule has 112 valence electrons. The lowest BCUT2D eigenvalue weighted by atomic mass is 9.96. The molecule has 2 aromatic carbocycles. The number of fused-ring (bicyclic) bond motifs is 1. The highest BCUT2D eigenvalue weighted by atomic mass is 16.5. The van der Waals surface area contributed by atoms with E-state index in [4.69, 9.17) is 4.74 Å². The molecule has 0 saturated carbocycles. The largest absolute Gasteiger partial charge is 0.493 e. The Morgan fingerprint density at radius 1 is 1.24 bits per heavy atom. The van der Waals surface area contributed by atoms with E-state index in [2.05, 4.69) is 5.32 Å². The molecule has 4 heteroatoms. The molecule has 0 aromatic heterocycles. The maximum absolute atomic E-state index is 11.2. The second-order valence-electron chi connectivity index (χ2n) is 5.32. The Morgan fingerprint density at radius 3 is 2.67 bits per heavy atom. The maximum atomic E-state index is 11.2. The summed E-state index contributed by atoms with van der Waals surface area (Å²) < 4.78 is 5.82. The van der Waals surface area contributed by atoms with Crippen molar-refractivity contribution in [1.29, 1.82) is 0 Å². The van der Waals surface area contributed by atoms with Gasteiger partial charge in [-0.15, -0.1) is 0 Å². The van der Waals surface area contributed by atoms with Crippen molar-refractivity contribution in [3.8, 4) is 5.75 Å². The molecule has 1 atom stereocenters. The second kappa shape index (κ2) is 6.59. The van der Waals surface area contributed by atoms with E-state index in [9.17, 15) is 9.90 Å². The zero-order valence-corrected chi connectivity index (χ0v) is 12.4. The lowest BCUT2D eigenvalue weighted by Crippen LogP contribution is -2.47. The summed E-state index contributed by atoms with van der Waals surface area (Å²) in [7, 11) is 1.67. The Hall–Kier alpha value is -2.07. The molecular weight excluding hydrogens is 266 g/mol. The number of likely N-dealkylation sites (N-methyl/N-ethyl adjacent to an activating group) is 1. The average molecular weight is 287 g/mol. The van der Waals surface area contributed by atoms with Crippen LogP contribution in [0, 0.1) is 0 Å². The number of aliphatic carboxylic acids is 1. The van der Waals surface area contributed by atoms with Gasteiger partial charge in [0.05, 0.1) is 6.61 Å². The number of nitrogens with one attached hydrogen (secondary N) is 1. The smallest absolute Gasteiger partial charge is 0.323 e. The minimum absolute atomic E-state index is 0.499. The molecule has 0 aliphatic carbocycles. The standard InChI is InChI=1S/C17H21NO3/c1-17(18-2,16(19)20)11-6-12-21-15-10-5-8-13-7-3-4-9-14(13)15/h3-5,7-10,18H,6,11-12H2,1-2H3,(H,19,20). The van der Waals surface area contributed by atoms with Gasteiger partial charge in [0.2, 0.25) is 0 Å². The first-order chi connectivity index (χ1) is 10.1. The number of carboxylic acids is 1. The van der Waals surface area contributed by atoms with E-state index >= 15 is 0 Å². The first-order valence-corrected chi connectivity index (χ1v) is 7.10. The van der Waals surface area contributed by atoms with Gasteiger partial charge < -0.3 is 15.2 Å². The van der Waals surface area contributed by atoms with Crippen molar-refractivity contribution in [1.82, 2.24) is 5.32 Å². The first kappa shape index (κ1) is 15.3. The Balaban J connectivity index is 1.96. The minimum atomic E-state index is -0.901. The number of carbonyl (C=O) groups is 1. The number of rotatable bonds is 7. The highest BCUT2D eigenvalue weighted by Gasteiger charge is 2.30. The van der Waals surface area contributed by atoms with Crippen LogP contribution in [0.25, 0.3) is 10.8 Å². The summed E-state index contributed by atoms with van der Waals surface area (Å²) in [6.45, 7) is 2.19. The molecule has 0 aliphatic rings. The summed E-state index contributed by atoms with van der Waals surface area (Å²) in [5, 5.41) is 14.3. The van der Waals surface area contributed by atoms with E-state index in [1.807, 2.05) is 42.5 Å². The number of hydrogen-bond acceptors (Lipinski definition) is 3. The van der Waals surface area contributed by atoms with Gasteiger partial charge in [-0.1, -0.05) is 36.4 Å². The van der Waals surface area contributed by atoms with Gasteiger partial charge in [-0.2, -0.15) is 0 Å². The third-order valence-electron chi connectivity index (χ3n) is 3.85. The van der Waals surface area contributed by atoms with E-state index in [-0.39, 0.29) is 0 Å². The van der Waals surface area contributed by atoms with Gasteiger partial charge in [-0.3, -0.25) is 4.79 Å². The second-order valence-corrected chi connectivity index (χ2v) is 5.32. The predicted molar refractivity (Wildman–Crippen MR) is 83.8 cm³/mol. The zero-order valence-electron chi connectivity index (χ0n) is 12.4. The van der Waals surface area contributed by atoms with Crippen LogP contribution in [0.15, 0.2) is 42.5 Å². The van der Waals surface area contributed by atoms with Crippen LogP contribution in [0.2, 0.25) is 0 Å². The van der Waals surface area contributed by atoms with Crippen molar-refractivity contribution in [2.45, 2.75) is 25.3 Å². The molecule has 1 unspecified atom stereocenters. The fourth-order valence-corrected chi connectivity index (χ4v) is 2.27. The van der Waals surface area contributed by atoms with Crippen LogP contribution in [0.1, 0.15) is 19.8 Å². The number of hydrogen-bond donors (Lipinski definition) is 2. The molecule has 2 aromatic rings. The van der Waals surface area contributed by atoms with Gasteiger partial charge in [-0.05, 0) is 38.3 Å².